The third kappa shape index (κ3) is 2.73. The fourth-order valence-corrected chi connectivity index (χ4v) is 1.22. The third-order valence-corrected chi connectivity index (χ3v) is 1.86. The molecule has 0 spiro atoms. The van der Waals surface area contributed by atoms with E-state index in [0.717, 1.165) is 25.9 Å². The molecule has 0 aromatic carbocycles. The van der Waals surface area contributed by atoms with E-state index < -0.39 is 6.09 Å². The third-order valence-electron chi connectivity index (χ3n) is 1.86. The zero-order valence-corrected chi connectivity index (χ0v) is 6.29. The molecular weight excluding hydrogens is 146 g/mol. The van der Waals surface area contributed by atoms with Gasteiger partial charge in [-0.2, -0.15) is 0 Å². The predicted molar refractivity (Wildman–Crippen MR) is 39.9 cm³/mol. The van der Waals surface area contributed by atoms with Crippen molar-refractivity contribution in [2.45, 2.75) is 18.9 Å². The van der Waals surface area contributed by atoms with Crippen LogP contribution in [0.3, 0.4) is 0 Å². The lowest BCUT2D eigenvalue weighted by molar-refractivity contribution is 0.169. The number of hydrogen-bond donors (Lipinski definition) is 3. The molecule has 0 saturated carbocycles. The van der Waals surface area contributed by atoms with Crippen LogP contribution in [0.25, 0.3) is 0 Å². The van der Waals surface area contributed by atoms with Gasteiger partial charge in [0.05, 0.1) is 0 Å². The quantitative estimate of drug-likeness (QED) is 0.454. The van der Waals surface area contributed by atoms with Gasteiger partial charge in [0.2, 0.25) is 0 Å². The second kappa shape index (κ2) is 3.54. The number of piperidine rings is 1. The summed E-state index contributed by atoms with van der Waals surface area (Å²) < 4.78 is 0. The Bertz CT molecular complexity index is 143. The number of nitrogens with zero attached hydrogens (tertiary/aromatic N) is 1. The maximum Gasteiger partial charge on any atom is 0.404 e. The van der Waals surface area contributed by atoms with E-state index in [0.29, 0.717) is 0 Å². The topological polar surface area (TPSA) is 78.6 Å². The SMILES string of the molecule is NN1CCC(NC(=O)O)CC1. The van der Waals surface area contributed by atoms with Crippen LogP contribution >= 0.6 is 0 Å². The smallest absolute Gasteiger partial charge is 0.404 e. The van der Waals surface area contributed by atoms with Crippen molar-refractivity contribution < 1.29 is 9.90 Å². The van der Waals surface area contributed by atoms with Crippen molar-refractivity contribution in [2.75, 3.05) is 13.1 Å². The van der Waals surface area contributed by atoms with Gasteiger partial charge < -0.3 is 10.4 Å². The Labute approximate surface area is 65.1 Å². The highest BCUT2D eigenvalue weighted by Gasteiger charge is 2.17. The summed E-state index contributed by atoms with van der Waals surface area (Å²) in [5.41, 5.74) is 0. The van der Waals surface area contributed by atoms with E-state index >= 15 is 0 Å². The molecule has 5 heteroatoms. The maximum absolute atomic E-state index is 10.2. The summed E-state index contributed by atoms with van der Waals surface area (Å²) in [5, 5.41) is 12.5. The van der Waals surface area contributed by atoms with E-state index in [1.165, 1.54) is 0 Å². The van der Waals surface area contributed by atoms with Crippen LogP contribution in [0.5, 0.6) is 0 Å². The van der Waals surface area contributed by atoms with Crippen LogP contribution in [-0.2, 0) is 0 Å². The Balaban J connectivity index is 2.22. The van der Waals surface area contributed by atoms with E-state index in [1.54, 1.807) is 5.01 Å². The van der Waals surface area contributed by atoms with Crippen LogP contribution in [0.4, 0.5) is 4.79 Å². The molecule has 4 N–H and O–H groups in total. The van der Waals surface area contributed by atoms with Gasteiger partial charge in [-0.15, -0.1) is 0 Å². The summed E-state index contributed by atoms with van der Waals surface area (Å²) >= 11 is 0. The van der Waals surface area contributed by atoms with E-state index in [-0.39, 0.29) is 6.04 Å². The first-order valence-electron chi connectivity index (χ1n) is 3.67. The molecule has 11 heavy (non-hydrogen) atoms. The molecule has 5 nitrogen and oxygen atoms in total. The van der Waals surface area contributed by atoms with Gasteiger partial charge in [-0.25, -0.2) is 9.80 Å². The molecule has 0 radical (unpaired) electrons. The Morgan fingerprint density at radius 1 is 1.55 bits per heavy atom. The average molecular weight is 159 g/mol. The van der Waals surface area contributed by atoms with Crippen LogP contribution in [0, 0.1) is 0 Å². The minimum absolute atomic E-state index is 0.0901. The summed E-state index contributed by atoms with van der Waals surface area (Å²) in [5.74, 6) is 5.49. The summed E-state index contributed by atoms with van der Waals surface area (Å²) in [4.78, 5) is 10.2. The largest absolute Gasteiger partial charge is 0.465 e. The minimum atomic E-state index is -0.944. The predicted octanol–water partition coefficient (Wildman–Crippen LogP) is -0.408. The molecular formula is C6H13N3O2. The van der Waals surface area contributed by atoms with Crippen LogP contribution in [-0.4, -0.2) is 35.3 Å². The molecule has 0 atom stereocenters. The fraction of sp³-hybridized carbons (Fsp3) is 0.833. The number of rotatable bonds is 1. The highest BCUT2D eigenvalue weighted by Crippen LogP contribution is 2.05. The number of carboxylic acid groups (broad SMARTS) is 1. The van der Waals surface area contributed by atoms with Gasteiger partial charge in [-0.3, -0.25) is 5.84 Å². The standard InChI is InChI=1S/C6H13N3O2/c7-9-3-1-5(2-4-9)8-6(10)11/h5,8H,1-4,7H2,(H,10,11). The molecule has 64 valence electrons. The molecule has 0 bridgehead atoms. The van der Waals surface area contributed by atoms with Crippen molar-refractivity contribution in [3.05, 3.63) is 0 Å². The summed E-state index contributed by atoms with van der Waals surface area (Å²) in [6.07, 6.45) is 0.673. The monoisotopic (exact) mass is 159 g/mol. The van der Waals surface area contributed by atoms with Gasteiger partial charge in [-0.1, -0.05) is 0 Å². The first kappa shape index (κ1) is 8.29. The Morgan fingerprint density at radius 2 is 2.09 bits per heavy atom. The number of nitrogens with one attached hydrogen (secondary N) is 1. The highest BCUT2D eigenvalue weighted by molar-refractivity contribution is 5.64. The normalized spacial score (nSPS) is 21.5. The van der Waals surface area contributed by atoms with Gasteiger partial charge in [0.25, 0.3) is 0 Å². The Hall–Kier alpha value is -0.810. The number of amides is 1. The number of hydrazine groups is 1. The maximum atomic E-state index is 10.2. The molecule has 1 aliphatic heterocycles. The van der Waals surface area contributed by atoms with Crippen molar-refractivity contribution >= 4 is 6.09 Å². The molecule has 1 aliphatic rings. The lowest BCUT2D eigenvalue weighted by Gasteiger charge is -2.27. The lowest BCUT2D eigenvalue weighted by Crippen LogP contribution is -2.46. The van der Waals surface area contributed by atoms with Gasteiger partial charge >= 0.3 is 6.09 Å². The zero-order valence-electron chi connectivity index (χ0n) is 6.29. The molecule has 1 fully saturated rings. The second-order valence-electron chi connectivity index (χ2n) is 2.76. The molecule has 0 aliphatic carbocycles. The molecule has 1 amide bonds. The average Bonchev–Trinajstić information content (AvgIpc) is 1.93. The van der Waals surface area contributed by atoms with Crippen LogP contribution < -0.4 is 11.2 Å². The van der Waals surface area contributed by atoms with Gasteiger partial charge in [0.1, 0.15) is 0 Å². The van der Waals surface area contributed by atoms with Crippen molar-refractivity contribution in [1.29, 1.82) is 0 Å². The number of hydrogen-bond acceptors (Lipinski definition) is 3. The van der Waals surface area contributed by atoms with Crippen molar-refractivity contribution in [1.82, 2.24) is 10.3 Å². The molecule has 0 unspecified atom stereocenters. The van der Waals surface area contributed by atoms with Crippen molar-refractivity contribution in [3.63, 3.8) is 0 Å². The van der Waals surface area contributed by atoms with Gasteiger partial charge in [-0.05, 0) is 12.8 Å². The van der Waals surface area contributed by atoms with Gasteiger partial charge in [0.15, 0.2) is 0 Å². The minimum Gasteiger partial charge on any atom is -0.465 e. The van der Waals surface area contributed by atoms with Crippen LogP contribution in [0.2, 0.25) is 0 Å². The van der Waals surface area contributed by atoms with E-state index in [4.69, 9.17) is 10.9 Å². The summed E-state index contributed by atoms with van der Waals surface area (Å²) in [6.45, 7) is 1.54. The Kier molecular flexibility index (Phi) is 2.67. The fourth-order valence-electron chi connectivity index (χ4n) is 1.22. The lowest BCUT2D eigenvalue weighted by atomic mass is 10.1. The van der Waals surface area contributed by atoms with Crippen molar-refractivity contribution in [2.24, 2.45) is 5.84 Å². The highest BCUT2D eigenvalue weighted by atomic mass is 16.4. The van der Waals surface area contributed by atoms with E-state index in [9.17, 15) is 4.79 Å². The van der Waals surface area contributed by atoms with Crippen LogP contribution in [0.1, 0.15) is 12.8 Å². The van der Waals surface area contributed by atoms with Crippen LogP contribution in [0.15, 0.2) is 0 Å². The molecule has 0 aromatic heterocycles. The van der Waals surface area contributed by atoms with E-state index in [1.807, 2.05) is 0 Å². The molecule has 0 aromatic rings. The summed E-state index contributed by atoms with van der Waals surface area (Å²) in [6, 6.07) is 0.0901. The second-order valence-corrected chi connectivity index (χ2v) is 2.76. The van der Waals surface area contributed by atoms with Crippen molar-refractivity contribution in [3.8, 4) is 0 Å². The van der Waals surface area contributed by atoms with E-state index in [2.05, 4.69) is 5.32 Å². The molecule has 1 heterocycles. The summed E-state index contributed by atoms with van der Waals surface area (Å²) in [7, 11) is 0. The first-order valence-corrected chi connectivity index (χ1v) is 3.67. The Morgan fingerprint density at radius 3 is 2.55 bits per heavy atom. The number of carbonyl (C=O) groups is 1. The molecule has 1 rings (SSSR count). The zero-order chi connectivity index (χ0) is 8.27. The first-order chi connectivity index (χ1) is 5.18. The van der Waals surface area contributed by atoms with Gasteiger partial charge in [0, 0.05) is 19.1 Å². The molecule has 1 saturated heterocycles. The number of nitrogens with two attached hydrogens (primary N) is 1.